The molecule has 1 unspecified atom stereocenters. The van der Waals surface area contributed by atoms with Crippen LogP contribution in [0.25, 0.3) is 0 Å². The molecule has 18 heavy (non-hydrogen) atoms. The Morgan fingerprint density at radius 1 is 1.50 bits per heavy atom. The third-order valence-corrected chi connectivity index (χ3v) is 3.07. The first kappa shape index (κ1) is 14.8. The molecule has 1 aromatic rings. The molecule has 0 saturated carbocycles. The molecule has 0 aliphatic rings. The number of amides is 1. The smallest absolute Gasteiger partial charge is 0.391 e. The minimum atomic E-state index is -4.31. The summed E-state index contributed by atoms with van der Waals surface area (Å²) in [5.74, 6) is -0.592. The lowest BCUT2D eigenvalue weighted by Gasteiger charge is -2.16. The summed E-state index contributed by atoms with van der Waals surface area (Å²) in [7, 11) is 0. The molecule has 0 saturated heterocycles. The van der Waals surface area contributed by atoms with Gasteiger partial charge in [-0.15, -0.1) is 0 Å². The average molecular weight is 325 g/mol. The van der Waals surface area contributed by atoms with E-state index in [2.05, 4.69) is 21.2 Å². The number of hydrogen-bond donors (Lipinski definition) is 2. The van der Waals surface area contributed by atoms with E-state index >= 15 is 0 Å². The number of nitrogens with one attached hydrogen (secondary N) is 1. The molecule has 0 radical (unpaired) electrons. The number of benzene rings is 1. The summed E-state index contributed by atoms with van der Waals surface area (Å²) in [6, 6.07) is 3.63. The largest absolute Gasteiger partial charge is 0.398 e. The zero-order chi connectivity index (χ0) is 13.9. The summed E-state index contributed by atoms with van der Waals surface area (Å²) < 4.78 is 36.7. The molecule has 0 aliphatic heterocycles. The molecule has 0 aromatic heterocycles. The fourth-order valence-electron chi connectivity index (χ4n) is 1.42. The van der Waals surface area contributed by atoms with Crippen LogP contribution in [0.15, 0.2) is 22.7 Å². The third kappa shape index (κ3) is 4.21. The number of carbonyl (C=O) groups is 1. The topological polar surface area (TPSA) is 55.1 Å². The summed E-state index contributed by atoms with van der Waals surface area (Å²) in [5, 5.41) is 2.28. The minimum absolute atomic E-state index is 0.212. The molecule has 1 aromatic carbocycles. The van der Waals surface area contributed by atoms with Crippen LogP contribution in [0.5, 0.6) is 0 Å². The maximum absolute atomic E-state index is 12.1. The van der Waals surface area contributed by atoms with Crippen molar-refractivity contribution in [2.24, 2.45) is 0 Å². The second kappa shape index (κ2) is 5.60. The highest BCUT2D eigenvalue weighted by Gasteiger charge is 2.30. The Morgan fingerprint density at radius 3 is 2.67 bits per heavy atom. The lowest BCUT2D eigenvalue weighted by atomic mass is 10.1. The predicted molar refractivity (Wildman–Crippen MR) is 66.2 cm³/mol. The number of alkyl halides is 3. The van der Waals surface area contributed by atoms with Crippen LogP contribution in [-0.4, -0.2) is 18.1 Å². The summed E-state index contributed by atoms with van der Waals surface area (Å²) in [4.78, 5) is 11.7. The number of hydrogen-bond acceptors (Lipinski definition) is 2. The fraction of sp³-hybridized carbons (Fsp3) is 0.364. The van der Waals surface area contributed by atoms with Crippen molar-refractivity contribution in [1.82, 2.24) is 5.32 Å². The molecule has 100 valence electrons. The number of anilines is 1. The maximum Gasteiger partial charge on any atom is 0.391 e. The van der Waals surface area contributed by atoms with Crippen molar-refractivity contribution in [1.29, 1.82) is 0 Å². The van der Waals surface area contributed by atoms with Crippen molar-refractivity contribution in [3.63, 3.8) is 0 Å². The van der Waals surface area contributed by atoms with Gasteiger partial charge in [0, 0.05) is 11.7 Å². The molecule has 3 N–H and O–H groups in total. The van der Waals surface area contributed by atoms with E-state index in [9.17, 15) is 18.0 Å². The van der Waals surface area contributed by atoms with Crippen molar-refractivity contribution < 1.29 is 18.0 Å². The van der Waals surface area contributed by atoms with Crippen LogP contribution in [0.2, 0.25) is 0 Å². The van der Waals surface area contributed by atoms with Crippen LogP contribution in [0.1, 0.15) is 23.7 Å². The monoisotopic (exact) mass is 324 g/mol. The zero-order valence-electron chi connectivity index (χ0n) is 9.51. The van der Waals surface area contributed by atoms with Crippen LogP contribution in [0.4, 0.5) is 18.9 Å². The van der Waals surface area contributed by atoms with E-state index in [0.29, 0.717) is 10.2 Å². The first-order chi connectivity index (χ1) is 8.20. The second-order valence-corrected chi connectivity index (χ2v) is 4.70. The van der Waals surface area contributed by atoms with Gasteiger partial charge in [0.05, 0.1) is 16.5 Å². The van der Waals surface area contributed by atoms with E-state index in [4.69, 9.17) is 5.73 Å². The quantitative estimate of drug-likeness (QED) is 0.839. The highest BCUT2D eigenvalue weighted by molar-refractivity contribution is 9.10. The molecule has 0 fully saturated rings. The summed E-state index contributed by atoms with van der Waals surface area (Å²) in [5.41, 5.74) is 6.15. The first-order valence-electron chi connectivity index (χ1n) is 5.12. The zero-order valence-corrected chi connectivity index (χ0v) is 11.1. The van der Waals surface area contributed by atoms with Gasteiger partial charge in [0.1, 0.15) is 0 Å². The lowest BCUT2D eigenvalue weighted by Crippen LogP contribution is -2.36. The first-order valence-corrected chi connectivity index (χ1v) is 5.91. The Morgan fingerprint density at radius 2 is 2.11 bits per heavy atom. The van der Waals surface area contributed by atoms with E-state index in [1.807, 2.05) is 0 Å². The number of carbonyl (C=O) groups excluding carboxylic acids is 1. The SMILES string of the molecule is CC(CC(F)(F)F)NC(=O)c1cccc(N)c1Br. The van der Waals surface area contributed by atoms with Gasteiger partial charge in [0.15, 0.2) is 0 Å². The molecular formula is C11H12BrF3N2O. The number of nitrogens with two attached hydrogens (primary N) is 1. The van der Waals surface area contributed by atoms with Crippen molar-refractivity contribution in [3.8, 4) is 0 Å². The van der Waals surface area contributed by atoms with Gasteiger partial charge in [-0.1, -0.05) is 6.07 Å². The summed E-state index contributed by atoms with van der Waals surface area (Å²) in [6.45, 7) is 1.30. The number of halogens is 4. The molecule has 0 heterocycles. The van der Waals surface area contributed by atoms with E-state index < -0.39 is 24.5 Å². The van der Waals surface area contributed by atoms with Crippen molar-refractivity contribution in [2.45, 2.75) is 25.6 Å². The van der Waals surface area contributed by atoms with Gasteiger partial charge in [0.25, 0.3) is 5.91 Å². The lowest BCUT2D eigenvalue weighted by molar-refractivity contribution is -0.138. The van der Waals surface area contributed by atoms with E-state index in [-0.39, 0.29) is 5.56 Å². The van der Waals surface area contributed by atoms with Crippen LogP contribution < -0.4 is 11.1 Å². The summed E-state index contributed by atoms with van der Waals surface area (Å²) >= 11 is 3.12. The fourth-order valence-corrected chi connectivity index (χ4v) is 1.87. The molecular weight excluding hydrogens is 313 g/mol. The third-order valence-electron chi connectivity index (χ3n) is 2.19. The van der Waals surface area contributed by atoms with Crippen LogP contribution in [-0.2, 0) is 0 Å². The van der Waals surface area contributed by atoms with Gasteiger partial charge in [0.2, 0.25) is 0 Å². The Kier molecular flexibility index (Phi) is 4.61. The standard InChI is InChI=1S/C11H12BrF3N2O/c1-6(5-11(13,14)15)17-10(18)7-3-2-4-8(16)9(7)12/h2-4,6H,5,16H2,1H3,(H,17,18). The number of nitrogen functional groups attached to an aromatic ring is 1. The predicted octanol–water partition coefficient (Wildman–Crippen LogP) is 3.10. The Balaban J connectivity index is 2.74. The van der Waals surface area contributed by atoms with Gasteiger partial charge >= 0.3 is 6.18 Å². The highest BCUT2D eigenvalue weighted by atomic mass is 79.9. The molecule has 1 amide bonds. The van der Waals surface area contributed by atoms with Crippen LogP contribution >= 0.6 is 15.9 Å². The Hall–Kier alpha value is -1.24. The molecule has 0 bridgehead atoms. The second-order valence-electron chi connectivity index (χ2n) is 3.90. The number of rotatable bonds is 3. The van der Waals surface area contributed by atoms with E-state index in [1.165, 1.54) is 13.0 Å². The summed E-state index contributed by atoms with van der Waals surface area (Å²) in [6.07, 6.45) is -5.38. The Labute approximate surface area is 111 Å². The van der Waals surface area contributed by atoms with Gasteiger partial charge in [-0.3, -0.25) is 4.79 Å². The van der Waals surface area contributed by atoms with Gasteiger partial charge < -0.3 is 11.1 Å². The van der Waals surface area contributed by atoms with Crippen molar-refractivity contribution >= 4 is 27.5 Å². The van der Waals surface area contributed by atoms with E-state index in [0.717, 1.165) is 0 Å². The van der Waals surface area contributed by atoms with Crippen molar-refractivity contribution in [3.05, 3.63) is 28.2 Å². The van der Waals surface area contributed by atoms with E-state index in [1.54, 1.807) is 12.1 Å². The van der Waals surface area contributed by atoms with Crippen molar-refractivity contribution in [2.75, 3.05) is 5.73 Å². The van der Waals surface area contributed by atoms with Crippen LogP contribution in [0.3, 0.4) is 0 Å². The van der Waals surface area contributed by atoms with Gasteiger partial charge in [-0.05, 0) is 35.0 Å². The Bertz CT molecular complexity index is 448. The molecule has 0 spiro atoms. The molecule has 1 rings (SSSR count). The molecule has 0 aliphatic carbocycles. The normalized spacial score (nSPS) is 13.2. The molecule has 1 atom stereocenters. The van der Waals surface area contributed by atoms with Crippen LogP contribution in [0, 0.1) is 0 Å². The molecule has 7 heteroatoms. The van der Waals surface area contributed by atoms with Gasteiger partial charge in [-0.25, -0.2) is 0 Å². The minimum Gasteiger partial charge on any atom is -0.398 e. The average Bonchev–Trinajstić information content (AvgIpc) is 2.18. The van der Waals surface area contributed by atoms with Gasteiger partial charge in [-0.2, -0.15) is 13.2 Å². The molecule has 3 nitrogen and oxygen atoms in total. The maximum atomic E-state index is 12.1. The highest BCUT2D eigenvalue weighted by Crippen LogP contribution is 2.25.